The van der Waals surface area contributed by atoms with Crippen molar-refractivity contribution in [2.45, 2.75) is 106 Å². The van der Waals surface area contributed by atoms with Crippen molar-refractivity contribution in [1.82, 2.24) is 9.13 Å². The van der Waals surface area contributed by atoms with Crippen molar-refractivity contribution in [2.75, 3.05) is 0 Å². The van der Waals surface area contributed by atoms with Crippen LogP contribution in [0.5, 0.6) is 0 Å². The number of hydrogen-bond donors (Lipinski definition) is 0. The molecular formula is C46H62B2ClIN4P2. The summed E-state index contributed by atoms with van der Waals surface area (Å²) in [7, 11) is -0.425. The van der Waals surface area contributed by atoms with Crippen LogP contribution in [-0.2, 0) is 12.9 Å². The maximum absolute atomic E-state index is 2.38. The Morgan fingerprint density at radius 1 is 0.518 bits per heavy atom. The van der Waals surface area contributed by atoms with E-state index in [0.717, 1.165) is 12.9 Å². The third-order valence-corrected chi connectivity index (χ3v) is 16.5. The van der Waals surface area contributed by atoms with Gasteiger partial charge in [0, 0.05) is 0 Å². The summed E-state index contributed by atoms with van der Waals surface area (Å²) >= 11 is 0. The summed E-state index contributed by atoms with van der Waals surface area (Å²) in [6, 6.07) is 31.2. The van der Waals surface area contributed by atoms with E-state index in [1.54, 1.807) is 0 Å². The van der Waals surface area contributed by atoms with Gasteiger partial charge in [0.25, 0.3) is 0 Å². The Kier molecular flexibility index (Phi) is 17.7. The van der Waals surface area contributed by atoms with Gasteiger partial charge >= 0.3 is 0 Å². The highest BCUT2D eigenvalue weighted by atomic mass is 127. The molecule has 4 aromatic carbocycles. The lowest BCUT2D eigenvalue weighted by Crippen LogP contribution is -3.00. The van der Waals surface area contributed by atoms with Gasteiger partial charge in [0.1, 0.15) is 36.2 Å². The molecular weight excluding hydrogens is 854 g/mol. The number of aryl methyl sites for hydroxylation is 6. The normalized spacial score (nSPS) is 12.4. The smallest absolute Gasteiger partial charge is 0.248 e. The number of aromatic nitrogens is 4. The minimum Gasteiger partial charge on any atom is -1.00 e. The number of benzene rings is 4. The Labute approximate surface area is 365 Å². The standard InChI is InChI=1S/2C23H31BN2P.ClH.HI/c2*1-18-14-19(2)22(20(3)15-18)26-13-12-25(17-26)16-24-27(23(4,5)6)21-10-8-7-9-11-21;;/h2*7-15,17,24H,16H2,1-6H3;2*1H/q2*+1;;/p-2. The Bertz CT molecular complexity index is 1940. The van der Waals surface area contributed by atoms with Gasteiger partial charge in [-0.3, -0.25) is 0 Å². The van der Waals surface area contributed by atoms with Gasteiger partial charge in [-0.05, 0) is 84.7 Å². The molecule has 0 spiro atoms. The van der Waals surface area contributed by atoms with E-state index >= 15 is 0 Å². The zero-order valence-corrected chi connectivity index (χ0v) is 40.5. The lowest BCUT2D eigenvalue weighted by molar-refractivity contribution is -0.596. The molecule has 10 heteroatoms. The third kappa shape index (κ3) is 12.7. The average molecular weight is 917 g/mol. The first-order chi connectivity index (χ1) is 25.5. The van der Waals surface area contributed by atoms with Gasteiger partial charge in [0.05, 0.1) is 12.9 Å². The second-order valence-electron chi connectivity index (χ2n) is 16.9. The number of nitrogens with zero attached hydrogens (tertiary/aromatic N) is 4. The van der Waals surface area contributed by atoms with Crippen LogP contribution in [0.15, 0.2) is 122 Å². The summed E-state index contributed by atoms with van der Waals surface area (Å²) in [5.41, 5.74) is 10.6. The summed E-state index contributed by atoms with van der Waals surface area (Å²) in [6.45, 7) is 29.8. The Hall–Kier alpha value is -2.69. The zero-order valence-electron chi connectivity index (χ0n) is 35.8. The van der Waals surface area contributed by atoms with Crippen molar-refractivity contribution in [3.63, 3.8) is 0 Å². The molecule has 6 rings (SSSR count). The molecule has 6 aromatic rings. The monoisotopic (exact) mass is 916 g/mol. The van der Waals surface area contributed by atoms with Crippen LogP contribution >= 0.6 is 15.6 Å². The van der Waals surface area contributed by atoms with Gasteiger partial charge in [-0.1, -0.05) is 138 Å². The first-order valence-electron chi connectivity index (χ1n) is 19.5. The number of hydrogen-bond acceptors (Lipinski definition) is 0. The van der Waals surface area contributed by atoms with Gasteiger partial charge in [0.15, 0.2) is 0 Å². The summed E-state index contributed by atoms with van der Waals surface area (Å²) in [4.78, 5) is 0. The van der Waals surface area contributed by atoms with Gasteiger partial charge in [-0.15, -0.1) is 15.6 Å². The highest BCUT2D eigenvalue weighted by Gasteiger charge is 2.28. The predicted octanol–water partition coefficient (Wildman–Crippen LogP) is 3.22. The highest BCUT2D eigenvalue weighted by Crippen LogP contribution is 2.47. The molecule has 2 heterocycles. The fourth-order valence-electron chi connectivity index (χ4n) is 7.83. The van der Waals surface area contributed by atoms with Crippen molar-refractivity contribution in [3.8, 4) is 11.4 Å². The maximum atomic E-state index is 2.38. The SMILES string of the molecule is Cc1cc(C)c(-[n+]2ccn(CBP(c3ccccc3)C(C)(C)C)c2)c(C)c1.Cc1cc(C)c(-[n+]2ccn(CBP(c3ccccc3)C(C)(C)C)c2)c(C)c1.[Cl-].[I-]. The number of halogens is 2. The van der Waals surface area contributed by atoms with E-state index in [9.17, 15) is 0 Å². The second kappa shape index (κ2) is 20.8. The van der Waals surface area contributed by atoms with Crippen molar-refractivity contribution in [3.05, 3.63) is 156 Å². The van der Waals surface area contributed by atoms with Crippen LogP contribution in [0.4, 0.5) is 0 Å². The minimum atomic E-state index is -0.212. The molecule has 0 radical (unpaired) electrons. The molecule has 0 aliphatic carbocycles. The van der Waals surface area contributed by atoms with Crippen LogP contribution in [0.25, 0.3) is 11.4 Å². The Morgan fingerprint density at radius 3 is 1.11 bits per heavy atom. The molecule has 0 saturated heterocycles. The molecule has 0 saturated carbocycles. The number of imidazole rings is 2. The minimum absolute atomic E-state index is 0. The topological polar surface area (TPSA) is 17.6 Å². The molecule has 0 N–H and O–H groups in total. The molecule has 0 amide bonds. The van der Waals surface area contributed by atoms with Gasteiger partial charge < -0.3 is 36.4 Å². The average Bonchev–Trinajstić information content (AvgIpc) is 3.74. The van der Waals surface area contributed by atoms with Crippen LogP contribution in [0.1, 0.15) is 74.9 Å². The molecule has 0 aliphatic heterocycles. The van der Waals surface area contributed by atoms with E-state index in [0.29, 0.717) is 10.3 Å². The first kappa shape index (κ1) is 47.7. The van der Waals surface area contributed by atoms with E-state index in [1.807, 2.05) is 0 Å². The quantitative estimate of drug-likeness (QED) is 0.0872. The molecule has 56 heavy (non-hydrogen) atoms. The van der Waals surface area contributed by atoms with Crippen LogP contribution in [0, 0.1) is 41.5 Å². The number of rotatable bonds is 10. The molecule has 2 unspecified atom stereocenters. The van der Waals surface area contributed by atoms with Crippen LogP contribution in [0.3, 0.4) is 0 Å². The van der Waals surface area contributed by atoms with Crippen molar-refractivity contribution < 1.29 is 45.5 Å². The van der Waals surface area contributed by atoms with E-state index in [2.05, 4.69) is 224 Å². The molecule has 0 fully saturated rings. The third-order valence-electron chi connectivity index (χ3n) is 10.1. The van der Waals surface area contributed by atoms with Crippen molar-refractivity contribution >= 4 is 40.2 Å². The Morgan fingerprint density at radius 2 is 0.821 bits per heavy atom. The zero-order chi connectivity index (χ0) is 39.2. The van der Waals surface area contributed by atoms with Crippen molar-refractivity contribution in [1.29, 1.82) is 0 Å². The first-order valence-corrected chi connectivity index (χ1v) is 22.5. The maximum Gasteiger partial charge on any atom is 0.248 e. The van der Waals surface area contributed by atoms with Crippen LogP contribution in [0.2, 0.25) is 0 Å². The van der Waals surface area contributed by atoms with Gasteiger partial charge in [-0.25, -0.2) is 18.3 Å². The molecule has 2 aromatic heterocycles. The van der Waals surface area contributed by atoms with E-state index < -0.39 is 0 Å². The summed E-state index contributed by atoms with van der Waals surface area (Å²) in [5, 5.41) is 3.63. The summed E-state index contributed by atoms with van der Waals surface area (Å²) < 4.78 is 9.21. The fourth-order valence-corrected chi connectivity index (χ4v) is 13.2. The van der Waals surface area contributed by atoms with E-state index in [1.165, 1.54) is 69.4 Å². The van der Waals surface area contributed by atoms with Gasteiger partial charge in [0.2, 0.25) is 26.7 Å². The largest absolute Gasteiger partial charge is 1.00 e. The molecule has 296 valence electrons. The van der Waals surface area contributed by atoms with Crippen LogP contribution in [-0.4, -0.2) is 33.4 Å². The molecule has 0 aliphatic rings. The predicted molar refractivity (Wildman–Crippen MR) is 240 cm³/mol. The van der Waals surface area contributed by atoms with Crippen LogP contribution < -0.4 is 56.1 Å². The molecule has 2 atom stereocenters. The summed E-state index contributed by atoms with van der Waals surface area (Å²) in [5.74, 6) is 0. The van der Waals surface area contributed by atoms with Crippen molar-refractivity contribution in [2.24, 2.45) is 0 Å². The van der Waals surface area contributed by atoms with E-state index in [4.69, 9.17) is 0 Å². The molecule has 4 nitrogen and oxygen atoms in total. The lowest BCUT2D eigenvalue weighted by atomic mass is 10.1. The molecule has 0 bridgehead atoms. The summed E-state index contributed by atoms with van der Waals surface area (Å²) in [6.07, 6.45) is 15.4. The highest BCUT2D eigenvalue weighted by molar-refractivity contribution is 7.93. The Balaban J connectivity index is 0.000000290. The second-order valence-corrected chi connectivity index (χ2v) is 23.3. The fraction of sp³-hybridized carbons (Fsp3) is 0.348. The van der Waals surface area contributed by atoms with Gasteiger partial charge in [-0.2, -0.15) is 0 Å². The lowest BCUT2D eigenvalue weighted by Gasteiger charge is -2.31. The van der Waals surface area contributed by atoms with E-state index in [-0.39, 0.29) is 52.0 Å².